The normalized spacial score (nSPS) is 37.7. The van der Waals surface area contributed by atoms with E-state index in [0.29, 0.717) is 12.1 Å². The number of aliphatic imine (C=N–C) groups is 1. The molecule has 23 heavy (non-hydrogen) atoms. The zero-order valence-corrected chi connectivity index (χ0v) is 15.1. The quantitative estimate of drug-likeness (QED) is 0.595. The van der Waals surface area contributed by atoms with Gasteiger partial charge in [-0.15, -0.1) is 0 Å². The summed E-state index contributed by atoms with van der Waals surface area (Å²) in [5.74, 6) is 1.98. The number of nitrogens with zero attached hydrogens (tertiary/aromatic N) is 3. The molecule has 3 heterocycles. The summed E-state index contributed by atoms with van der Waals surface area (Å²) in [6, 6.07) is 1.23. The van der Waals surface area contributed by atoms with Crippen molar-refractivity contribution in [2.24, 2.45) is 10.9 Å². The second-order valence-electron chi connectivity index (χ2n) is 7.48. The smallest absolute Gasteiger partial charge is 0.191 e. The third-order valence-electron chi connectivity index (χ3n) is 5.96. The molecule has 5 nitrogen and oxygen atoms in total. The molecule has 4 aliphatic rings. The van der Waals surface area contributed by atoms with Gasteiger partial charge in [-0.25, -0.2) is 0 Å². The van der Waals surface area contributed by atoms with Gasteiger partial charge in [-0.3, -0.25) is 14.8 Å². The Morgan fingerprint density at radius 1 is 1.04 bits per heavy atom. The van der Waals surface area contributed by atoms with Gasteiger partial charge in [0.1, 0.15) is 0 Å². The maximum atomic E-state index is 4.92. The van der Waals surface area contributed by atoms with E-state index in [9.17, 15) is 0 Å². The van der Waals surface area contributed by atoms with Crippen molar-refractivity contribution in [2.75, 3.05) is 45.8 Å². The predicted molar refractivity (Wildman–Crippen MR) is 97.0 cm³/mol. The Hall–Kier alpha value is -0.810. The molecule has 1 saturated carbocycles. The molecular weight excluding hydrogens is 286 g/mol. The van der Waals surface area contributed by atoms with Gasteiger partial charge < -0.3 is 10.6 Å². The van der Waals surface area contributed by atoms with Crippen LogP contribution < -0.4 is 10.6 Å². The van der Waals surface area contributed by atoms with E-state index in [1.54, 1.807) is 0 Å². The predicted octanol–water partition coefficient (Wildman–Crippen LogP) is 1.51. The summed E-state index contributed by atoms with van der Waals surface area (Å²) < 4.78 is 0. The van der Waals surface area contributed by atoms with Crippen molar-refractivity contribution in [3.8, 4) is 0 Å². The Morgan fingerprint density at radius 2 is 1.78 bits per heavy atom. The molecule has 1 atom stereocenters. The van der Waals surface area contributed by atoms with Crippen LogP contribution in [0, 0.1) is 5.92 Å². The van der Waals surface area contributed by atoms with Crippen molar-refractivity contribution in [1.82, 2.24) is 20.4 Å². The van der Waals surface area contributed by atoms with Crippen LogP contribution in [0.3, 0.4) is 0 Å². The lowest BCUT2D eigenvalue weighted by molar-refractivity contribution is 0.0174. The van der Waals surface area contributed by atoms with E-state index in [1.165, 1.54) is 64.8 Å². The number of hydrogen-bond donors (Lipinski definition) is 2. The molecule has 0 aromatic heterocycles. The first-order chi connectivity index (χ1) is 11.3. The molecule has 4 fully saturated rings. The van der Waals surface area contributed by atoms with Crippen LogP contribution in [0.4, 0.5) is 0 Å². The molecule has 2 N–H and O–H groups in total. The second-order valence-corrected chi connectivity index (χ2v) is 7.48. The van der Waals surface area contributed by atoms with Crippen LogP contribution in [0.5, 0.6) is 0 Å². The number of nitrogens with one attached hydrogen (secondary N) is 2. The molecule has 132 valence electrons. The molecule has 3 saturated heterocycles. The largest absolute Gasteiger partial charge is 0.357 e. The van der Waals surface area contributed by atoms with Gasteiger partial charge in [0.2, 0.25) is 0 Å². The van der Waals surface area contributed by atoms with Crippen molar-refractivity contribution < 1.29 is 0 Å². The molecule has 5 heteroatoms. The highest BCUT2D eigenvalue weighted by molar-refractivity contribution is 5.80. The van der Waals surface area contributed by atoms with Gasteiger partial charge in [0.05, 0.1) is 6.54 Å². The first kappa shape index (κ1) is 17.0. The first-order valence-electron chi connectivity index (χ1n) is 9.79. The number of fused-ring (bicyclic) bond motifs is 3. The van der Waals surface area contributed by atoms with Gasteiger partial charge in [0, 0.05) is 51.4 Å². The van der Waals surface area contributed by atoms with Gasteiger partial charge in [-0.05, 0) is 38.5 Å². The van der Waals surface area contributed by atoms with E-state index in [0.717, 1.165) is 25.0 Å². The Balaban J connectivity index is 1.49. The van der Waals surface area contributed by atoms with E-state index < -0.39 is 0 Å². The number of hydrogen-bond acceptors (Lipinski definition) is 3. The van der Waals surface area contributed by atoms with Gasteiger partial charge in [0.25, 0.3) is 0 Å². The Bertz CT molecular complexity index is 381. The fraction of sp³-hybridized carbons (Fsp3) is 0.944. The standard InChI is InChI=1S/C18H35N5/c1-3-15-5-7-16(8-6-15)21-18(19-4-2)20-13-17-14-22-9-11-23(17)12-10-22/h15-17H,3-14H2,1-2H3,(H2,19,20,21). The van der Waals surface area contributed by atoms with E-state index in [4.69, 9.17) is 4.99 Å². The fourth-order valence-electron chi connectivity index (χ4n) is 4.32. The summed E-state index contributed by atoms with van der Waals surface area (Å²) in [5, 5.41) is 7.14. The van der Waals surface area contributed by atoms with Crippen molar-refractivity contribution in [3.05, 3.63) is 0 Å². The molecule has 0 radical (unpaired) electrons. The van der Waals surface area contributed by atoms with Crippen LogP contribution in [0.1, 0.15) is 46.0 Å². The minimum absolute atomic E-state index is 0.613. The minimum Gasteiger partial charge on any atom is -0.357 e. The van der Waals surface area contributed by atoms with E-state index in [1.807, 2.05) is 0 Å². The molecule has 0 amide bonds. The molecule has 0 spiro atoms. The van der Waals surface area contributed by atoms with Crippen LogP contribution in [-0.4, -0.2) is 73.7 Å². The Kier molecular flexibility index (Phi) is 6.17. The monoisotopic (exact) mass is 321 g/mol. The molecular formula is C18H35N5. The van der Waals surface area contributed by atoms with Crippen molar-refractivity contribution >= 4 is 5.96 Å². The van der Waals surface area contributed by atoms with E-state index in [2.05, 4.69) is 34.3 Å². The summed E-state index contributed by atoms with van der Waals surface area (Å²) in [4.78, 5) is 10.1. The number of piperazine rings is 3. The van der Waals surface area contributed by atoms with Crippen LogP contribution in [-0.2, 0) is 0 Å². The van der Waals surface area contributed by atoms with Crippen LogP contribution >= 0.6 is 0 Å². The molecule has 1 unspecified atom stereocenters. The molecule has 0 aromatic rings. The van der Waals surface area contributed by atoms with Crippen LogP contribution in [0.2, 0.25) is 0 Å². The lowest BCUT2D eigenvalue weighted by Gasteiger charge is -2.47. The van der Waals surface area contributed by atoms with Crippen LogP contribution in [0.25, 0.3) is 0 Å². The highest BCUT2D eigenvalue weighted by Crippen LogP contribution is 2.26. The summed E-state index contributed by atoms with van der Waals surface area (Å²) in [5.41, 5.74) is 0. The number of guanidine groups is 1. The van der Waals surface area contributed by atoms with E-state index in [-0.39, 0.29) is 0 Å². The minimum atomic E-state index is 0.613. The van der Waals surface area contributed by atoms with Crippen molar-refractivity contribution in [1.29, 1.82) is 0 Å². The zero-order valence-electron chi connectivity index (χ0n) is 15.1. The molecule has 4 rings (SSSR count). The summed E-state index contributed by atoms with van der Waals surface area (Å²) in [6.07, 6.45) is 6.69. The summed E-state index contributed by atoms with van der Waals surface area (Å²) >= 11 is 0. The second kappa shape index (κ2) is 8.34. The van der Waals surface area contributed by atoms with Gasteiger partial charge in [0.15, 0.2) is 5.96 Å². The molecule has 2 bridgehead atoms. The Labute approximate surface area is 141 Å². The maximum absolute atomic E-state index is 4.92. The molecule has 3 aliphatic heterocycles. The van der Waals surface area contributed by atoms with Crippen molar-refractivity contribution in [3.63, 3.8) is 0 Å². The zero-order chi connectivity index (χ0) is 16.1. The lowest BCUT2D eigenvalue weighted by atomic mass is 9.84. The average molecular weight is 322 g/mol. The summed E-state index contributed by atoms with van der Waals surface area (Å²) in [7, 11) is 0. The Morgan fingerprint density at radius 3 is 2.35 bits per heavy atom. The van der Waals surface area contributed by atoms with Gasteiger partial charge >= 0.3 is 0 Å². The highest BCUT2D eigenvalue weighted by atomic mass is 15.3. The highest BCUT2D eigenvalue weighted by Gasteiger charge is 2.31. The lowest BCUT2D eigenvalue weighted by Crippen LogP contribution is -2.62. The maximum Gasteiger partial charge on any atom is 0.191 e. The molecule has 1 aliphatic carbocycles. The third kappa shape index (κ3) is 4.60. The van der Waals surface area contributed by atoms with E-state index >= 15 is 0 Å². The van der Waals surface area contributed by atoms with Crippen molar-refractivity contribution in [2.45, 2.75) is 58.0 Å². The SMILES string of the molecule is CCNC(=NCC1CN2CCN1CC2)NC1CCC(CC)CC1. The first-order valence-corrected chi connectivity index (χ1v) is 9.79. The van der Waals surface area contributed by atoms with Gasteiger partial charge in [-0.2, -0.15) is 0 Å². The average Bonchev–Trinajstić information content (AvgIpc) is 2.61. The fourth-order valence-corrected chi connectivity index (χ4v) is 4.32. The third-order valence-corrected chi connectivity index (χ3v) is 5.96. The summed E-state index contributed by atoms with van der Waals surface area (Å²) in [6.45, 7) is 12.5. The van der Waals surface area contributed by atoms with Crippen LogP contribution in [0.15, 0.2) is 4.99 Å². The molecule has 0 aromatic carbocycles. The van der Waals surface area contributed by atoms with Gasteiger partial charge in [-0.1, -0.05) is 13.3 Å². The number of rotatable bonds is 5. The topological polar surface area (TPSA) is 42.9 Å².